The molecule has 1 atom stereocenters. The van der Waals surface area contributed by atoms with Gasteiger partial charge in [0.1, 0.15) is 5.75 Å². The molecule has 1 heterocycles. The largest absolute Gasteiger partial charge is 0.611 e. The second-order valence-electron chi connectivity index (χ2n) is 3.05. The van der Waals surface area contributed by atoms with E-state index in [9.17, 15) is 9.35 Å². The minimum atomic E-state index is -1.30. The maximum absolute atomic E-state index is 11.4. The van der Waals surface area contributed by atoms with Crippen LogP contribution in [0.4, 0.5) is 0 Å². The van der Waals surface area contributed by atoms with Gasteiger partial charge in [-0.3, -0.25) is 0 Å². The van der Waals surface area contributed by atoms with Gasteiger partial charge in [0.2, 0.25) is 4.91 Å². The van der Waals surface area contributed by atoms with Gasteiger partial charge in [-0.1, -0.05) is 13.8 Å². The van der Waals surface area contributed by atoms with E-state index in [0.29, 0.717) is 5.75 Å². The highest BCUT2D eigenvalue weighted by molar-refractivity contribution is 8.07. The third-order valence-electron chi connectivity index (χ3n) is 1.70. The highest BCUT2D eigenvalue weighted by Crippen LogP contribution is 2.34. The first-order valence-corrected chi connectivity index (χ1v) is 6.33. The first-order chi connectivity index (χ1) is 6.04. The lowest BCUT2D eigenvalue weighted by atomic mass is 10.2. The van der Waals surface area contributed by atoms with Crippen LogP contribution in [0.15, 0.2) is 9.81 Å². The van der Waals surface area contributed by atoms with E-state index in [1.165, 1.54) is 11.8 Å². The summed E-state index contributed by atoms with van der Waals surface area (Å²) in [6, 6.07) is 0. The Hall–Kier alpha value is -0.130. The molecule has 1 aliphatic rings. The van der Waals surface area contributed by atoms with E-state index in [1.807, 2.05) is 13.8 Å². The lowest BCUT2D eigenvalue weighted by Crippen LogP contribution is -2.24. The number of hydrogen-bond acceptors (Lipinski definition) is 3. The van der Waals surface area contributed by atoms with Crippen LogP contribution in [0.5, 0.6) is 0 Å². The second-order valence-corrected chi connectivity index (χ2v) is 5.70. The second kappa shape index (κ2) is 4.39. The molecule has 1 rings (SSSR count). The number of carboxylic acids is 1. The first-order valence-electron chi connectivity index (χ1n) is 4.02. The van der Waals surface area contributed by atoms with Crippen molar-refractivity contribution in [3.05, 3.63) is 9.81 Å². The molecule has 0 radical (unpaired) electrons. The Morgan fingerprint density at radius 1 is 1.69 bits per heavy atom. The molecule has 74 valence electrons. The van der Waals surface area contributed by atoms with Crippen molar-refractivity contribution in [1.29, 1.82) is 0 Å². The van der Waals surface area contributed by atoms with Gasteiger partial charge in [0, 0.05) is 5.75 Å². The zero-order valence-corrected chi connectivity index (χ0v) is 9.20. The van der Waals surface area contributed by atoms with Crippen LogP contribution in [0.2, 0.25) is 0 Å². The van der Waals surface area contributed by atoms with E-state index < -0.39 is 17.1 Å². The van der Waals surface area contributed by atoms with E-state index in [2.05, 4.69) is 0 Å². The number of carboxylic acid groups (broad SMARTS) is 1. The Bertz CT molecular complexity index is 248. The Labute approximate surface area is 84.8 Å². The normalized spacial score (nSPS) is 23.8. The molecule has 13 heavy (non-hydrogen) atoms. The van der Waals surface area contributed by atoms with Gasteiger partial charge in [-0.25, -0.2) is 4.79 Å². The molecule has 3 nitrogen and oxygen atoms in total. The molecule has 0 saturated carbocycles. The summed E-state index contributed by atoms with van der Waals surface area (Å²) in [5.41, 5.74) is 0. The van der Waals surface area contributed by atoms with Gasteiger partial charge < -0.3 is 9.66 Å². The van der Waals surface area contributed by atoms with Crippen LogP contribution in [0, 0.1) is 5.92 Å². The van der Waals surface area contributed by atoms with E-state index in [0.717, 1.165) is 10.7 Å². The average Bonchev–Trinajstić information content (AvgIpc) is 2.02. The summed E-state index contributed by atoms with van der Waals surface area (Å²) in [6.45, 7) is 3.85. The van der Waals surface area contributed by atoms with Crippen molar-refractivity contribution in [3.8, 4) is 0 Å². The molecular weight excluding hydrogens is 208 g/mol. The van der Waals surface area contributed by atoms with Crippen molar-refractivity contribution in [2.45, 2.75) is 13.8 Å². The smallest absolute Gasteiger partial charge is 0.385 e. The predicted molar refractivity (Wildman–Crippen MR) is 55.0 cm³/mol. The molecule has 0 fully saturated rings. The van der Waals surface area contributed by atoms with Gasteiger partial charge in [-0.2, -0.15) is 0 Å². The van der Waals surface area contributed by atoms with Crippen molar-refractivity contribution >= 4 is 28.9 Å². The van der Waals surface area contributed by atoms with E-state index in [-0.39, 0.29) is 10.8 Å². The molecule has 1 aliphatic heterocycles. The molecule has 0 bridgehead atoms. The maximum Gasteiger partial charge on any atom is 0.385 e. The lowest BCUT2D eigenvalue weighted by Gasteiger charge is -2.21. The molecule has 0 aromatic heterocycles. The summed E-state index contributed by atoms with van der Waals surface area (Å²) in [5, 5.41) is 8.86. The zero-order valence-electron chi connectivity index (χ0n) is 7.57. The molecule has 0 aliphatic carbocycles. The summed E-state index contributed by atoms with van der Waals surface area (Å²) in [5.74, 6) is 0.342. The third kappa shape index (κ3) is 2.42. The maximum atomic E-state index is 11.4. The summed E-state index contributed by atoms with van der Waals surface area (Å²) in [6.07, 6.45) is 0. The molecule has 5 heteroatoms. The quantitative estimate of drug-likeness (QED) is 0.715. The van der Waals surface area contributed by atoms with Crippen molar-refractivity contribution in [2.75, 3.05) is 11.5 Å². The van der Waals surface area contributed by atoms with Crippen LogP contribution in [0.3, 0.4) is 0 Å². The molecule has 0 amide bonds. The van der Waals surface area contributed by atoms with E-state index in [1.54, 1.807) is 0 Å². The molecule has 0 aromatic carbocycles. The fourth-order valence-corrected chi connectivity index (χ4v) is 4.16. The van der Waals surface area contributed by atoms with Crippen LogP contribution < -0.4 is 0 Å². The fraction of sp³-hybridized carbons (Fsp3) is 0.625. The Kier molecular flexibility index (Phi) is 3.70. The molecule has 0 spiro atoms. The predicted octanol–water partition coefficient (Wildman–Crippen LogP) is 1.43. The fourth-order valence-electron chi connectivity index (χ4n) is 1.14. The number of carbonyl (C=O) groups is 1. The minimum absolute atomic E-state index is 0.117. The lowest BCUT2D eigenvalue weighted by molar-refractivity contribution is -0.131. The highest BCUT2D eigenvalue weighted by atomic mass is 32.2. The topological polar surface area (TPSA) is 60.4 Å². The number of allylic oxidation sites excluding steroid dienone is 1. The number of hydrogen-bond donors (Lipinski definition) is 1. The first kappa shape index (κ1) is 10.9. The zero-order chi connectivity index (χ0) is 10.0. The summed E-state index contributed by atoms with van der Waals surface area (Å²) >= 11 is 0.218. The molecule has 0 aromatic rings. The van der Waals surface area contributed by atoms with Crippen LogP contribution in [-0.2, 0) is 16.0 Å². The highest BCUT2D eigenvalue weighted by Gasteiger charge is 2.32. The number of aliphatic carboxylic acids is 1. The van der Waals surface area contributed by atoms with Crippen molar-refractivity contribution in [2.24, 2.45) is 5.92 Å². The standard InChI is InChI=1S/C8H12O3S2/c1-5(2)6-7(8(9)10)13(11)4-3-12-6/h5H,3-4H2,1-2H3,(H,9,10). The van der Waals surface area contributed by atoms with E-state index >= 15 is 0 Å². The number of rotatable bonds is 2. The Morgan fingerprint density at radius 3 is 2.69 bits per heavy atom. The van der Waals surface area contributed by atoms with Gasteiger partial charge in [0.25, 0.3) is 0 Å². The summed E-state index contributed by atoms with van der Waals surface area (Å²) in [4.78, 5) is 11.7. The van der Waals surface area contributed by atoms with Gasteiger partial charge >= 0.3 is 5.97 Å². The minimum Gasteiger partial charge on any atom is -0.611 e. The monoisotopic (exact) mass is 220 g/mol. The Morgan fingerprint density at radius 2 is 2.31 bits per heavy atom. The van der Waals surface area contributed by atoms with Crippen LogP contribution in [-0.4, -0.2) is 27.1 Å². The Balaban J connectivity index is 3.04. The van der Waals surface area contributed by atoms with Gasteiger partial charge in [0.05, 0.1) is 4.91 Å². The summed E-state index contributed by atoms with van der Waals surface area (Å²) in [7, 11) is 0. The molecule has 1 N–H and O–H groups in total. The molecular formula is C8H12O3S2. The third-order valence-corrected chi connectivity index (χ3v) is 4.90. The van der Waals surface area contributed by atoms with Crippen molar-refractivity contribution in [1.82, 2.24) is 0 Å². The molecule has 0 saturated heterocycles. The van der Waals surface area contributed by atoms with E-state index in [4.69, 9.17) is 5.11 Å². The van der Waals surface area contributed by atoms with Crippen molar-refractivity contribution < 1.29 is 14.5 Å². The van der Waals surface area contributed by atoms with Gasteiger partial charge in [-0.15, -0.1) is 11.8 Å². The van der Waals surface area contributed by atoms with Crippen molar-refractivity contribution in [3.63, 3.8) is 0 Å². The SMILES string of the molecule is CC(C)C1=C(C(=O)O)[S+]([O-])CCS1. The molecule has 1 unspecified atom stereocenters. The van der Waals surface area contributed by atoms with Gasteiger partial charge in [-0.05, 0) is 17.1 Å². The van der Waals surface area contributed by atoms with Gasteiger partial charge in [0.15, 0.2) is 0 Å². The van der Waals surface area contributed by atoms with Crippen LogP contribution in [0.1, 0.15) is 13.8 Å². The number of thioether (sulfide) groups is 1. The van der Waals surface area contributed by atoms with Crippen LogP contribution in [0.25, 0.3) is 0 Å². The average molecular weight is 220 g/mol. The van der Waals surface area contributed by atoms with Crippen LogP contribution >= 0.6 is 11.8 Å². The summed E-state index contributed by atoms with van der Waals surface area (Å²) < 4.78 is 11.4.